The Morgan fingerprint density at radius 3 is 2.44 bits per heavy atom. The number of nitrogens with two attached hydrogens (primary N) is 1. The van der Waals surface area contributed by atoms with Gasteiger partial charge in [0.25, 0.3) is 11.5 Å². The Balaban J connectivity index is 1.55. The zero-order valence-electron chi connectivity index (χ0n) is 27.1. The Morgan fingerprint density at radius 1 is 1.08 bits per heavy atom. The van der Waals surface area contributed by atoms with Gasteiger partial charge in [-0.15, -0.1) is 0 Å². The van der Waals surface area contributed by atoms with E-state index in [4.69, 9.17) is 29.4 Å². The lowest BCUT2D eigenvalue weighted by molar-refractivity contribution is -0.241. The number of esters is 1. The molecule has 1 aromatic carbocycles. The van der Waals surface area contributed by atoms with Crippen molar-refractivity contribution in [1.29, 1.82) is 0 Å². The average Bonchev–Trinajstić information content (AvgIpc) is 3.38. The summed E-state index contributed by atoms with van der Waals surface area (Å²) >= 11 is 0. The van der Waals surface area contributed by atoms with Crippen LogP contribution in [0.4, 0.5) is 14.5 Å². The normalized spacial score (nSPS) is 26.0. The van der Waals surface area contributed by atoms with Crippen molar-refractivity contribution in [2.75, 3.05) is 12.4 Å². The van der Waals surface area contributed by atoms with Crippen LogP contribution in [-0.4, -0.2) is 92.3 Å². The first-order valence-electron chi connectivity index (χ1n) is 15.5. The van der Waals surface area contributed by atoms with Crippen molar-refractivity contribution in [3.8, 4) is 0 Å². The van der Waals surface area contributed by atoms with Crippen molar-refractivity contribution < 1.29 is 62.2 Å². The summed E-state index contributed by atoms with van der Waals surface area (Å²) < 4.78 is 55.8. The fourth-order valence-corrected chi connectivity index (χ4v) is 5.38. The predicted molar refractivity (Wildman–Crippen MR) is 165 cm³/mol. The molecule has 0 radical (unpaired) electrons. The lowest BCUT2D eigenvalue weighted by Crippen LogP contribution is -2.53. The number of aliphatic hydroxyl groups excluding tert-OH is 3. The number of aromatic nitrogens is 2. The summed E-state index contributed by atoms with van der Waals surface area (Å²) in [5.74, 6) is -6.05. The van der Waals surface area contributed by atoms with Crippen molar-refractivity contribution in [3.05, 3.63) is 74.8 Å². The van der Waals surface area contributed by atoms with Gasteiger partial charge >= 0.3 is 11.7 Å². The second-order valence-corrected chi connectivity index (χ2v) is 11.5. The van der Waals surface area contributed by atoms with Gasteiger partial charge < -0.3 is 50.1 Å². The molecule has 0 bridgehead atoms. The quantitative estimate of drug-likeness (QED) is 0.125. The summed E-state index contributed by atoms with van der Waals surface area (Å²) in [6, 6.07) is 3.45. The summed E-state index contributed by atoms with van der Waals surface area (Å²) in [6.45, 7) is 3.25. The smallest absolute Gasteiger partial charge is 0.336 e. The zero-order valence-corrected chi connectivity index (χ0v) is 27.1. The topological polar surface area (TPSA) is 240 Å². The fraction of sp³-hybridized carbons (Fsp3) is 0.516. The van der Waals surface area contributed by atoms with E-state index in [2.05, 4.69) is 5.32 Å². The van der Waals surface area contributed by atoms with Crippen LogP contribution in [0.3, 0.4) is 0 Å². The number of halogens is 2. The number of rotatable bonds is 14. The van der Waals surface area contributed by atoms with Crippen molar-refractivity contribution in [1.82, 2.24) is 9.13 Å². The first-order valence-corrected chi connectivity index (χ1v) is 15.5. The number of amides is 2. The molecule has 0 spiro atoms. The first kappa shape index (κ1) is 38.3. The van der Waals surface area contributed by atoms with Gasteiger partial charge in [-0.25, -0.2) is 18.1 Å². The van der Waals surface area contributed by atoms with E-state index in [1.165, 1.54) is 6.92 Å². The molecule has 9 atom stereocenters. The van der Waals surface area contributed by atoms with Gasteiger partial charge in [-0.3, -0.25) is 23.7 Å². The van der Waals surface area contributed by atoms with Gasteiger partial charge in [0.2, 0.25) is 12.2 Å². The number of hydrogen-bond acceptors (Lipinski definition) is 13. The average molecular weight is 713 g/mol. The van der Waals surface area contributed by atoms with Crippen LogP contribution in [0, 0.1) is 11.6 Å². The molecule has 6 N–H and O–H groups in total. The molecular formula is C31H38F2N4O13. The van der Waals surface area contributed by atoms with Crippen molar-refractivity contribution in [2.24, 2.45) is 5.73 Å². The highest BCUT2D eigenvalue weighted by molar-refractivity contribution is 6.02. The van der Waals surface area contributed by atoms with E-state index < -0.39 is 102 Å². The minimum absolute atomic E-state index is 0.0662. The summed E-state index contributed by atoms with van der Waals surface area (Å²) in [4.78, 5) is 63.9. The van der Waals surface area contributed by atoms with Gasteiger partial charge in [-0.05, 0) is 31.6 Å². The second-order valence-electron chi connectivity index (χ2n) is 11.5. The molecule has 17 nitrogen and oxygen atoms in total. The molecule has 2 aliphatic rings. The molecule has 2 amide bonds. The molecule has 274 valence electrons. The molecule has 1 aromatic heterocycles. The molecule has 2 aliphatic heterocycles. The molecule has 0 saturated carbocycles. The van der Waals surface area contributed by atoms with Crippen LogP contribution in [0.2, 0.25) is 0 Å². The van der Waals surface area contributed by atoms with Crippen LogP contribution in [0.5, 0.6) is 0 Å². The maximum Gasteiger partial charge on any atom is 0.336 e. The summed E-state index contributed by atoms with van der Waals surface area (Å²) in [7, 11) is 1.13. The van der Waals surface area contributed by atoms with Gasteiger partial charge in [0.15, 0.2) is 36.0 Å². The van der Waals surface area contributed by atoms with E-state index in [0.29, 0.717) is 17.1 Å². The maximum atomic E-state index is 13.6. The Hall–Kier alpha value is -4.53. The molecule has 2 aromatic rings. The Bertz CT molecular complexity index is 1720. The molecule has 1 unspecified atom stereocenters. The third kappa shape index (κ3) is 8.42. The van der Waals surface area contributed by atoms with E-state index in [0.717, 1.165) is 55.0 Å². The molecule has 50 heavy (non-hydrogen) atoms. The number of nitrogens with one attached hydrogen (secondary N) is 1. The number of ether oxygens (including phenoxy) is 5. The van der Waals surface area contributed by atoms with Gasteiger partial charge in [-0.1, -0.05) is 19.8 Å². The highest BCUT2D eigenvalue weighted by Gasteiger charge is 2.52. The molecular weight excluding hydrogens is 674 g/mol. The fourth-order valence-electron chi connectivity index (χ4n) is 5.38. The largest absolute Gasteiger partial charge is 0.456 e. The highest BCUT2D eigenvalue weighted by Crippen LogP contribution is 2.34. The van der Waals surface area contributed by atoms with Crippen molar-refractivity contribution in [2.45, 2.75) is 94.9 Å². The van der Waals surface area contributed by atoms with Crippen LogP contribution in [0.15, 0.2) is 51.9 Å². The third-order valence-corrected chi connectivity index (χ3v) is 7.94. The van der Waals surface area contributed by atoms with Gasteiger partial charge in [-0.2, -0.15) is 0 Å². The number of nitrogens with zero attached hydrogens (tertiary/aromatic N) is 2. The standard InChI is InChI=1S/C31H38F2N4O13/c1-4-5-6-7-21(40)47-14(2)37-20(39)10-11-36(31(37)45)29-23(42)24(46-3)25(49-29)26(27(34)43)50-30-22(41)18(38)13-19(48-30)28(44)35-15-8-9-16(32)17(33)12-15/h8-14,18,22-26,29-30,38,41-42H,4-7H2,1-3H3,(H2,34,43)(H,35,44)/t14?,18-,22-,23+,24-,25-,26+,29+,30+/m0/s1. The lowest BCUT2D eigenvalue weighted by Gasteiger charge is -2.35. The molecule has 4 rings (SSSR count). The Kier molecular flexibility index (Phi) is 12.6. The van der Waals surface area contributed by atoms with E-state index in [-0.39, 0.29) is 12.1 Å². The van der Waals surface area contributed by atoms with Crippen LogP contribution in [0.1, 0.15) is 52.0 Å². The van der Waals surface area contributed by atoms with Crippen LogP contribution in [0.25, 0.3) is 0 Å². The van der Waals surface area contributed by atoms with E-state index in [1.807, 2.05) is 6.92 Å². The van der Waals surface area contributed by atoms with Crippen LogP contribution in [-0.2, 0) is 38.1 Å². The van der Waals surface area contributed by atoms with E-state index in [1.54, 1.807) is 0 Å². The molecule has 3 heterocycles. The van der Waals surface area contributed by atoms with Gasteiger partial charge in [0, 0.05) is 37.5 Å². The second kappa shape index (κ2) is 16.5. The molecule has 19 heteroatoms. The molecule has 0 aliphatic carbocycles. The summed E-state index contributed by atoms with van der Waals surface area (Å²) in [6.07, 6.45) is -11.4. The van der Waals surface area contributed by atoms with Crippen LogP contribution < -0.4 is 22.3 Å². The number of carbonyl (C=O) groups excluding carboxylic acids is 3. The number of primary amides is 1. The number of unbranched alkanes of at least 4 members (excludes halogenated alkanes) is 2. The minimum Gasteiger partial charge on any atom is -0.456 e. The number of aliphatic hydroxyl groups is 3. The van der Waals surface area contributed by atoms with Crippen LogP contribution >= 0.6 is 0 Å². The number of anilines is 1. The minimum atomic E-state index is -1.98. The monoisotopic (exact) mass is 712 g/mol. The van der Waals surface area contributed by atoms with E-state index in [9.17, 15) is 48.1 Å². The Morgan fingerprint density at radius 2 is 1.80 bits per heavy atom. The summed E-state index contributed by atoms with van der Waals surface area (Å²) in [5, 5.41) is 34.4. The zero-order chi connectivity index (χ0) is 36.9. The van der Waals surface area contributed by atoms with Crippen molar-refractivity contribution >= 4 is 23.5 Å². The highest BCUT2D eigenvalue weighted by atomic mass is 19.2. The maximum absolute atomic E-state index is 13.6. The van der Waals surface area contributed by atoms with Gasteiger partial charge in [0.1, 0.15) is 30.5 Å². The number of methoxy groups -OCH3 is 1. The lowest BCUT2D eigenvalue weighted by atomic mass is 10.0. The van der Waals surface area contributed by atoms with Gasteiger partial charge in [0.05, 0.1) is 0 Å². The molecule has 1 fully saturated rings. The number of carbonyl (C=O) groups is 3. The number of benzene rings is 1. The Labute approximate surface area is 282 Å². The van der Waals surface area contributed by atoms with E-state index >= 15 is 0 Å². The predicted octanol–water partition coefficient (Wildman–Crippen LogP) is -0.325. The first-order chi connectivity index (χ1) is 23.7. The van der Waals surface area contributed by atoms with Crippen molar-refractivity contribution in [3.63, 3.8) is 0 Å². The number of hydrogen-bond donors (Lipinski definition) is 5. The SMILES string of the molecule is CCCCCC(=O)OC(C)n1c(=O)ccn([C@@H]2O[C@H]([C@@H](O[C@H]3OC(C(=O)Nc4ccc(F)c(F)c4)=C[C@H](O)[C@@H]3O)C(N)=O)[C@@H](OC)[C@H]2O)c1=O. The molecule has 1 saturated heterocycles. The summed E-state index contributed by atoms with van der Waals surface area (Å²) in [5.41, 5.74) is 3.51. The third-order valence-electron chi connectivity index (χ3n) is 7.94.